The van der Waals surface area contributed by atoms with Crippen molar-refractivity contribution in [3.8, 4) is 0 Å². The lowest BCUT2D eigenvalue weighted by Gasteiger charge is -2.09. The lowest BCUT2D eigenvalue weighted by molar-refractivity contribution is -0.121. The number of halogens is 1. The predicted octanol–water partition coefficient (Wildman–Crippen LogP) is 3.11. The highest BCUT2D eigenvalue weighted by atomic mass is 19.1. The molecule has 1 atom stereocenters. The zero-order chi connectivity index (χ0) is 13.0. The van der Waals surface area contributed by atoms with E-state index in [2.05, 4.69) is 17.5 Å². The molecule has 1 N–H and O–H groups in total. The summed E-state index contributed by atoms with van der Waals surface area (Å²) in [7, 11) is 0. The number of amides is 1. The molecule has 0 heterocycles. The lowest BCUT2D eigenvalue weighted by Crippen LogP contribution is -2.24. The number of carbonyl (C=O) groups excluding carboxylic acids is 1. The van der Waals surface area contributed by atoms with Crippen LogP contribution in [0.2, 0.25) is 0 Å². The molecule has 2 nitrogen and oxygen atoms in total. The number of aryl methyl sites for hydroxylation is 1. The Kier molecular flexibility index (Phi) is 4.13. The van der Waals surface area contributed by atoms with Crippen molar-refractivity contribution in [1.29, 1.82) is 0 Å². The molecule has 1 amide bonds. The monoisotopic (exact) mass is 247 g/mol. The van der Waals surface area contributed by atoms with Gasteiger partial charge in [-0.25, -0.2) is 4.39 Å². The van der Waals surface area contributed by atoms with Crippen LogP contribution in [0.4, 0.5) is 4.39 Å². The Morgan fingerprint density at radius 2 is 2.33 bits per heavy atom. The molecule has 0 aromatic heterocycles. The summed E-state index contributed by atoms with van der Waals surface area (Å²) in [5, 5.41) is 2.88. The first kappa shape index (κ1) is 12.8. The van der Waals surface area contributed by atoms with Gasteiger partial charge in [-0.2, -0.15) is 0 Å². The summed E-state index contributed by atoms with van der Waals surface area (Å²) in [6.07, 6.45) is 6.94. The number of benzene rings is 1. The fourth-order valence-electron chi connectivity index (χ4n) is 2.19. The van der Waals surface area contributed by atoms with Crippen LogP contribution in [-0.2, 0) is 11.3 Å². The molecule has 0 bridgehead atoms. The first-order chi connectivity index (χ1) is 8.65. The molecule has 2 rings (SSSR count). The summed E-state index contributed by atoms with van der Waals surface area (Å²) < 4.78 is 13.1. The zero-order valence-corrected chi connectivity index (χ0v) is 10.6. The maximum Gasteiger partial charge on any atom is 0.220 e. The first-order valence-corrected chi connectivity index (χ1v) is 6.33. The van der Waals surface area contributed by atoms with Gasteiger partial charge < -0.3 is 5.32 Å². The summed E-state index contributed by atoms with van der Waals surface area (Å²) in [6, 6.07) is 4.92. The summed E-state index contributed by atoms with van der Waals surface area (Å²) in [5.41, 5.74) is 1.55. The van der Waals surface area contributed by atoms with Crippen molar-refractivity contribution in [2.45, 2.75) is 32.7 Å². The molecule has 18 heavy (non-hydrogen) atoms. The Balaban J connectivity index is 1.81. The summed E-state index contributed by atoms with van der Waals surface area (Å²) >= 11 is 0. The third-order valence-electron chi connectivity index (χ3n) is 3.27. The van der Waals surface area contributed by atoms with Crippen LogP contribution in [-0.4, -0.2) is 5.91 Å². The van der Waals surface area contributed by atoms with E-state index in [0.29, 0.717) is 24.4 Å². The average Bonchev–Trinajstić information content (AvgIpc) is 2.83. The van der Waals surface area contributed by atoms with E-state index in [-0.39, 0.29) is 11.7 Å². The molecule has 0 radical (unpaired) electrons. The highest BCUT2D eigenvalue weighted by molar-refractivity contribution is 5.76. The van der Waals surface area contributed by atoms with Gasteiger partial charge in [0.25, 0.3) is 0 Å². The highest BCUT2D eigenvalue weighted by Gasteiger charge is 2.13. The maximum atomic E-state index is 13.1. The normalized spacial score (nSPS) is 18.0. The molecule has 1 aromatic rings. The van der Waals surface area contributed by atoms with Crippen molar-refractivity contribution >= 4 is 5.91 Å². The number of rotatable bonds is 4. The summed E-state index contributed by atoms with van der Waals surface area (Å²) in [5.74, 6) is 0.245. The van der Waals surface area contributed by atoms with Crippen LogP contribution in [0.1, 0.15) is 30.4 Å². The molecule has 96 valence electrons. The molecule has 0 saturated carbocycles. The van der Waals surface area contributed by atoms with Crippen LogP contribution in [0, 0.1) is 18.7 Å². The van der Waals surface area contributed by atoms with E-state index in [0.717, 1.165) is 18.4 Å². The molecule has 0 aliphatic heterocycles. The van der Waals surface area contributed by atoms with E-state index in [1.54, 1.807) is 19.1 Å². The fraction of sp³-hybridized carbons (Fsp3) is 0.400. The van der Waals surface area contributed by atoms with Gasteiger partial charge in [-0.15, -0.1) is 0 Å². The van der Waals surface area contributed by atoms with Gasteiger partial charge >= 0.3 is 0 Å². The van der Waals surface area contributed by atoms with Crippen LogP contribution in [0.5, 0.6) is 0 Å². The topological polar surface area (TPSA) is 29.1 Å². The van der Waals surface area contributed by atoms with Gasteiger partial charge in [-0.3, -0.25) is 4.79 Å². The maximum absolute atomic E-state index is 13.1. The molecular weight excluding hydrogens is 229 g/mol. The van der Waals surface area contributed by atoms with E-state index < -0.39 is 0 Å². The largest absolute Gasteiger partial charge is 0.352 e. The van der Waals surface area contributed by atoms with Gasteiger partial charge in [0.1, 0.15) is 5.82 Å². The van der Waals surface area contributed by atoms with Crippen LogP contribution in [0.3, 0.4) is 0 Å². The molecule has 0 saturated heterocycles. The van der Waals surface area contributed by atoms with Crippen molar-refractivity contribution in [3.63, 3.8) is 0 Å². The zero-order valence-electron chi connectivity index (χ0n) is 10.6. The van der Waals surface area contributed by atoms with E-state index in [9.17, 15) is 9.18 Å². The average molecular weight is 247 g/mol. The van der Waals surface area contributed by atoms with Crippen molar-refractivity contribution in [2.75, 3.05) is 0 Å². The quantitative estimate of drug-likeness (QED) is 0.814. The Morgan fingerprint density at radius 3 is 3.00 bits per heavy atom. The van der Waals surface area contributed by atoms with Gasteiger partial charge in [-0.1, -0.05) is 24.3 Å². The second-order valence-corrected chi connectivity index (χ2v) is 4.83. The van der Waals surface area contributed by atoms with Gasteiger partial charge in [0.15, 0.2) is 0 Å². The molecule has 0 fully saturated rings. The van der Waals surface area contributed by atoms with Gasteiger partial charge in [0, 0.05) is 13.0 Å². The highest BCUT2D eigenvalue weighted by Crippen LogP contribution is 2.20. The molecule has 1 aliphatic rings. The Bertz CT molecular complexity index is 468. The fourth-order valence-corrected chi connectivity index (χ4v) is 2.19. The van der Waals surface area contributed by atoms with Gasteiger partial charge in [0.2, 0.25) is 5.91 Å². The summed E-state index contributed by atoms with van der Waals surface area (Å²) in [6.45, 7) is 2.19. The molecule has 0 spiro atoms. The van der Waals surface area contributed by atoms with Crippen molar-refractivity contribution in [3.05, 3.63) is 47.3 Å². The van der Waals surface area contributed by atoms with Crippen LogP contribution in [0.15, 0.2) is 30.4 Å². The lowest BCUT2D eigenvalue weighted by atomic mass is 10.0. The van der Waals surface area contributed by atoms with E-state index in [4.69, 9.17) is 0 Å². The number of hydrogen-bond donors (Lipinski definition) is 1. The third-order valence-corrected chi connectivity index (χ3v) is 3.27. The first-order valence-electron chi connectivity index (χ1n) is 6.33. The molecule has 1 aromatic carbocycles. The van der Waals surface area contributed by atoms with Gasteiger partial charge in [0.05, 0.1) is 0 Å². The molecule has 1 unspecified atom stereocenters. The minimum absolute atomic E-state index is 0.0635. The predicted molar refractivity (Wildman–Crippen MR) is 69.5 cm³/mol. The summed E-state index contributed by atoms with van der Waals surface area (Å²) in [4.78, 5) is 11.7. The Morgan fingerprint density at radius 1 is 1.50 bits per heavy atom. The minimum Gasteiger partial charge on any atom is -0.352 e. The van der Waals surface area contributed by atoms with Crippen molar-refractivity contribution in [1.82, 2.24) is 5.32 Å². The van der Waals surface area contributed by atoms with Crippen molar-refractivity contribution in [2.24, 2.45) is 5.92 Å². The number of allylic oxidation sites excluding steroid dienone is 2. The van der Waals surface area contributed by atoms with Crippen LogP contribution < -0.4 is 5.32 Å². The minimum atomic E-state index is -0.207. The standard InChI is InChI=1S/C15H18FNO/c1-11-8-13(6-7-14(11)16)10-17-15(18)9-12-4-2-3-5-12/h2,4,6-8,12H,3,5,9-10H2,1H3,(H,17,18). The second-order valence-electron chi connectivity index (χ2n) is 4.83. The second kappa shape index (κ2) is 5.80. The van der Waals surface area contributed by atoms with Crippen molar-refractivity contribution < 1.29 is 9.18 Å². The Labute approximate surface area is 107 Å². The SMILES string of the molecule is Cc1cc(CNC(=O)CC2C=CCC2)ccc1F. The Hall–Kier alpha value is -1.64. The van der Waals surface area contributed by atoms with Gasteiger partial charge in [-0.05, 0) is 42.9 Å². The third kappa shape index (κ3) is 3.42. The number of carbonyl (C=O) groups is 1. The number of nitrogens with one attached hydrogen (secondary N) is 1. The number of hydrogen-bond acceptors (Lipinski definition) is 1. The van der Waals surface area contributed by atoms with Crippen LogP contribution >= 0.6 is 0 Å². The molecular formula is C15H18FNO. The smallest absolute Gasteiger partial charge is 0.220 e. The van der Waals surface area contributed by atoms with E-state index >= 15 is 0 Å². The van der Waals surface area contributed by atoms with Crippen LogP contribution in [0.25, 0.3) is 0 Å². The molecule has 3 heteroatoms. The molecule has 1 aliphatic carbocycles. The van der Waals surface area contributed by atoms with E-state index in [1.807, 2.05) is 0 Å². The van der Waals surface area contributed by atoms with E-state index in [1.165, 1.54) is 6.07 Å².